The second kappa shape index (κ2) is 7.36. The monoisotopic (exact) mass is 351 g/mol. The number of benzene rings is 1. The summed E-state index contributed by atoms with van der Waals surface area (Å²) < 4.78 is 5.50. The van der Waals surface area contributed by atoms with Crippen molar-refractivity contribution in [3.05, 3.63) is 53.2 Å². The van der Waals surface area contributed by atoms with Crippen molar-refractivity contribution in [1.29, 1.82) is 0 Å². The van der Waals surface area contributed by atoms with Crippen LogP contribution in [0.15, 0.2) is 36.5 Å². The van der Waals surface area contributed by atoms with Gasteiger partial charge in [0, 0.05) is 37.9 Å². The van der Waals surface area contributed by atoms with Gasteiger partial charge in [0.25, 0.3) is 5.91 Å². The highest BCUT2D eigenvalue weighted by atomic mass is 16.5. The molecule has 0 saturated carbocycles. The number of carbonyl (C=O) groups is 1. The van der Waals surface area contributed by atoms with Crippen molar-refractivity contribution in [3.63, 3.8) is 0 Å². The average Bonchev–Trinajstić information content (AvgIpc) is 2.73. The van der Waals surface area contributed by atoms with E-state index in [9.17, 15) is 4.79 Å². The average molecular weight is 351 g/mol. The van der Waals surface area contributed by atoms with E-state index < -0.39 is 0 Å². The number of carbonyl (C=O) groups excluding carboxylic acids is 1. The van der Waals surface area contributed by atoms with Crippen LogP contribution in [0.3, 0.4) is 0 Å². The summed E-state index contributed by atoms with van der Waals surface area (Å²) in [5, 5.41) is 0. The molecule has 4 rings (SSSR count). The number of pyridine rings is 1. The van der Waals surface area contributed by atoms with E-state index in [0.717, 1.165) is 62.6 Å². The zero-order valence-corrected chi connectivity index (χ0v) is 15.3. The van der Waals surface area contributed by atoms with Crippen LogP contribution in [0.25, 0.3) is 0 Å². The number of hydrogen-bond donors (Lipinski definition) is 0. The van der Waals surface area contributed by atoms with Crippen molar-refractivity contribution >= 4 is 11.7 Å². The molecule has 2 aliphatic heterocycles. The van der Waals surface area contributed by atoms with E-state index in [2.05, 4.69) is 16.0 Å². The molecule has 5 nitrogen and oxygen atoms in total. The summed E-state index contributed by atoms with van der Waals surface area (Å²) >= 11 is 0. The summed E-state index contributed by atoms with van der Waals surface area (Å²) in [7, 11) is 1.72. The van der Waals surface area contributed by atoms with Gasteiger partial charge >= 0.3 is 0 Å². The van der Waals surface area contributed by atoms with E-state index in [-0.39, 0.29) is 5.91 Å². The second-order valence-corrected chi connectivity index (χ2v) is 7.00. The van der Waals surface area contributed by atoms with Gasteiger partial charge in [-0.05, 0) is 49.4 Å². The van der Waals surface area contributed by atoms with Crippen molar-refractivity contribution in [2.45, 2.75) is 32.2 Å². The molecule has 1 fully saturated rings. The van der Waals surface area contributed by atoms with Crippen LogP contribution in [0.1, 0.15) is 40.7 Å². The quantitative estimate of drug-likeness (QED) is 0.851. The van der Waals surface area contributed by atoms with Gasteiger partial charge < -0.3 is 14.5 Å². The molecule has 2 aliphatic rings. The zero-order valence-electron chi connectivity index (χ0n) is 15.3. The number of hydrogen-bond acceptors (Lipinski definition) is 4. The molecule has 3 heterocycles. The minimum absolute atomic E-state index is 0.115. The fourth-order valence-corrected chi connectivity index (χ4v) is 4.03. The summed E-state index contributed by atoms with van der Waals surface area (Å²) in [5.41, 5.74) is 3.24. The molecule has 0 spiro atoms. The maximum Gasteiger partial charge on any atom is 0.257 e. The Morgan fingerprint density at radius 2 is 1.92 bits per heavy atom. The predicted octanol–water partition coefficient (Wildman–Crippen LogP) is 3.28. The van der Waals surface area contributed by atoms with Gasteiger partial charge in [0.1, 0.15) is 11.6 Å². The number of rotatable bonds is 3. The van der Waals surface area contributed by atoms with Gasteiger partial charge in [-0.3, -0.25) is 4.79 Å². The van der Waals surface area contributed by atoms with Gasteiger partial charge in [0.2, 0.25) is 0 Å². The Bertz CT molecular complexity index is 800. The minimum atomic E-state index is 0.115. The Morgan fingerprint density at radius 3 is 2.73 bits per heavy atom. The first-order valence-electron chi connectivity index (χ1n) is 9.42. The number of anilines is 1. The Balaban J connectivity index is 1.61. The third-order valence-corrected chi connectivity index (χ3v) is 5.40. The zero-order chi connectivity index (χ0) is 17.9. The van der Waals surface area contributed by atoms with Crippen LogP contribution in [0.2, 0.25) is 0 Å². The van der Waals surface area contributed by atoms with Crippen molar-refractivity contribution in [3.8, 4) is 5.75 Å². The maximum atomic E-state index is 13.0. The van der Waals surface area contributed by atoms with Crippen LogP contribution in [0.4, 0.5) is 5.82 Å². The van der Waals surface area contributed by atoms with E-state index in [4.69, 9.17) is 4.74 Å². The van der Waals surface area contributed by atoms with E-state index in [0.29, 0.717) is 0 Å². The van der Waals surface area contributed by atoms with Gasteiger partial charge in [-0.15, -0.1) is 0 Å². The van der Waals surface area contributed by atoms with Gasteiger partial charge in [0.05, 0.1) is 12.7 Å². The minimum Gasteiger partial charge on any atom is -0.496 e. The summed E-state index contributed by atoms with van der Waals surface area (Å²) in [5.74, 6) is 1.87. The molecule has 1 amide bonds. The molecule has 0 aliphatic carbocycles. The van der Waals surface area contributed by atoms with E-state index in [1.165, 1.54) is 17.5 Å². The summed E-state index contributed by atoms with van der Waals surface area (Å²) in [6.07, 6.45) is 6.08. The third kappa shape index (κ3) is 3.14. The number of fused-ring (bicyclic) bond motifs is 1. The molecule has 136 valence electrons. The molecule has 1 saturated heterocycles. The van der Waals surface area contributed by atoms with Crippen molar-refractivity contribution in [1.82, 2.24) is 9.88 Å². The van der Waals surface area contributed by atoms with Gasteiger partial charge in [-0.25, -0.2) is 4.98 Å². The van der Waals surface area contributed by atoms with Crippen LogP contribution in [-0.4, -0.2) is 42.5 Å². The Hall–Kier alpha value is -2.56. The smallest absolute Gasteiger partial charge is 0.257 e. The topological polar surface area (TPSA) is 45.7 Å². The van der Waals surface area contributed by atoms with Gasteiger partial charge in [-0.2, -0.15) is 0 Å². The van der Waals surface area contributed by atoms with Crippen LogP contribution < -0.4 is 9.64 Å². The Labute approximate surface area is 154 Å². The number of ether oxygens (including phenoxy) is 1. The first-order valence-corrected chi connectivity index (χ1v) is 9.42. The summed E-state index contributed by atoms with van der Waals surface area (Å²) in [6, 6.07) is 9.96. The Morgan fingerprint density at radius 1 is 1.08 bits per heavy atom. The SMILES string of the molecule is COc1cccc2c1CCN(c1ncccc1C(=O)N1CCCCC1)C2. The van der Waals surface area contributed by atoms with Crippen molar-refractivity contribution in [2.24, 2.45) is 0 Å². The fraction of sp³-hybridized carbons (Fsp3) is 0.429. The highest BCUT2D eigenvalue weighted by Gasteiger charge is 2.26. The highest BCUT2D eigenvalue weighted by Crippen LogP contribution is 2.31. The van der Waals surface area contributed by atoms with Crippen molar-refractivity contribution < 1.29 is 9.53 Å². The van der Waals surface area contributed by atoms with E-state index >= 15 is 0 Å². The summed E-state index contributed by atoms with van der Waals surface area (Å²) in [6.45, 7) is 3.30. The Kier molecular flexibility index (Phi) is 4.78. The highest BCUT2D eigenvalue weighted by molar-refractivity contribution is 5.99. The molecule has 0 radical (unpaired) electrons. The normalized spacial score (nSPS) is 17.0. The third-order valence-electron chi connectivity index (χ3n) is 5.40. The molecule has 2 aromatic rings. The van der Waals surface area contributed by atoms with Gasteiger partial charge in [0.15, 0.2) is 0 Å². The second-order valence-electron chi connectivity index (χ2n) is 7.00. The molecular weight excluding hydrogens is 326 g/mol. The lowest BCUT2D eigenvalue weighted by Crippen LogP contribution is -2.38. The molecule has 5 heteroatoms. The first-order chi connectivity index (χ1) is 12.8. The van der Waals surface area contributed by atoms with E-state index in [1.54, 1.807) is 13.3 Å². The number of piperidine rings is 1. The number of methoxy groups -OCH3 is 1. The molecular formula is C21H25N3O2. The van der Waals surface area contributed by atoms with E-state index in [1.807, 2.05) is 29.2 Å². The molecule has 0 N–H and O–H groups in total. The first kappa shape index (κ1) is 16.9. The van der Waals surface area contributed by atoms with Crippen LogP contribution in [0.5, 0.6) is 5.75 Å². The lowest BCUT2D eigenvalue weighted by atomic mass is 9.98. The number of likely N-dealkylation sites (tertiary alicyclic amines) is 1. The fourth-order valence-electron chi connectivity index (χ4n) is 4.03. The van der Waals surface area contributed by atoms with Crippen molar-refractivity contribution in [2.75, 3.05) is 31.6 Å². The molecule has 0 atom stereocenters. The molecule has 1 aromatic heterocycles. The molecule has 26 heavy (non-hydrogen) atoms. The lowest BCUT2D eigenvalue weighted by molar-refractivity contribution is 0.0724. The van der Waals surface area contributed by atoms with Crippen LogP contribution >= 0.6 is 0 Å². The van der Waals surface area contributed by atoms with Crippen LogP contribution in [0, 0.1) is 0 Å². The van der Waals surface area contributed by atoms with Crippen LogP contribution in [-0.2, 0) is 13.0 Å². The largest absolute Gasteiger partial charge is 0.496 e. The number of nitrogens with zero attached hydrogens (tertiary/aromatic N) is 3. The number of amides is 1. The van der Waals surface area contributed by atoms with Gasteiger partial charge in [-0.1, -0.05) is 12.1 Å². The summed E-state index contributed by atoms with van der Waals surface area (Å²) in [4.78, 5) is 21.8. The molecule has 0 bridgehead atoms. The number of aromatic nitrogens is 1. The molecule has 1 aromatic carbocycles. The maximum absolute atomic E-state index is 13.0. The predicted molar refractivity (Wildman–Crippen MR) is 102 cm³/mol. The lowest BCUT2D eigenvalue weighted by Gasteiger charge is -2.33. The molecule has 0 unspecified atom stereocenters. The standard InChI is InChI=1S/C21H25N3O2/c1-26-19-9-5-7-16-15-24(14-10-17(16)19)20-18(8-6-11-22-20)21(25)23-12-3-2-4-13-23/h5-9,11H,2-4,10,12-15H2,1H3.